The van der Waals surface area contributed by atoms with Crippen molar-refractivity contribution in [3.63, 3.8) is 0 Å². The van der Waals surface area contributed by atoms with E-state index in [2.05, 4.69) is 5.32 Å². The largest absolute Gasteiger partial charge is 0.489 e. The molecule has 1 aliphatic heterocycles. The summed E-state index contributed by atoms with van der Waals surface area (Å²) in [5.41, 5.74) is 3.43. The van der Waals surface area contributed by atoms with Gasteiger partial charge in [0.2, 0.25) is 0 Å². The summed E-state index contributed by atoms with van der Waals surface area (Å²) in [7, 11) is 0. The number of halogens is 2. The minimum absolute atomic E-state index is 0.329. The van der Waals surface area contributed by atoms with Gasteiger partial charge in [-0.25, -0.2) is 8.78 Å². The molecule has 0 saturated carbocycles. The van der Waals surface area contributed by atoms with Crippen molar-refractivity contribution in [2.75, 3.05) is 5.32 Å². The molecule has 4 aromatic rings. The van der Waals surface area contributed by atoms with Crippen molar-refractivity contribution >= 4 is 11.7 Å². The SMILES string of the molecule is O=C1O[C@H](c2ccc(F)cc2)CC[C@@H]1[C@H](Nc1ccc(F)cc1)c1ccc(OCc2ccccc2)cc1. The standard InChI is InChI=1S/C31H27F2NO3/c32-24-10-6-22(7-11-24)29-19-18-28(31(35)37-29)30(34-26-14-12-25(33)13-15-26)23-8-16-27(17-9-23)36-20-21-4-2-1-3-5-21/h1-17,28-30,34H,18-20H2/t28-,29+,30-/m1/s1. The molecular formula is C31H27F2NO3. The molecule has 1 saturated heterocycles. The second-order valence-electron chi connectivity index (χ2n) is 9.13. The van der Waals surface area contributed by atoms with E-state index in [1.165, 1.54) is 24.3 Å². The molecule has 4 nitrogen and oxygen atoms in total. The fourth-order valence-corrected chi connectivity index (χ4v) is 4.60. The van der Waals surface area contributed by atoms with Crippen molar-refractivity contribution in [2.45, 2.75) is 31.6 Å². The summed E-state index contributed by atoms with van der Waals surface area (Å²) < 4.78 is 38.6. The molecular weight excluding hydrogens is 472 g/mol. The van der Waals surface area contributed by atoms with E-state index in [0.29, 0.717) is 25.1 Å². The number of hydrogen-bond acceptors (Lipinski definition) is 4. The van der Waals surface area contributed by atoms with E-state index in [-0.39, 0.29) is 17.6 Å². The fraction of sp³-hybridized carbons (Fsp3) is 0.194. The lowest BCUT2D eigenvalue weighted by Gasteiger charge is -2.34. The lowest BCUT2D eigenvalue weighted by atomic mass is 9.85. The maximum atomic E-state index is 13.5. The van der Waals surface area contributed by atoms with Gasteiger partial charge >= 0.3 is 5.97 Å². The summed E-state index contributed by atoms with van der Waals surface area (Å²) >= 11 is 0. The molecule has 5 rings (SSSR count). The Bertz CT molecular complexity index is 1310. The van der Waals surface area contributed by atoms with Crippen LogP contribution in [0.4, 0.5) is 14.5 Å². The van der Waals surface area contributed by atoms with E-state index < -0.39 is 18.1 Å². The predicted octanol–water partition coefficient (Wildman–Crippen LogP) is 7.39. The van der Waals surface area contributed by atoms with E-state index in [9.17, 15) is 13.6 Å². The maximum Gasteiger partial charge on any atom is 0.311 e. The Balaban J connectivity index is 1.33. The second kappa shape index (κ2) is 11.2. The molecule has 0 aromatic heterocycles. The molecule has 37 heavy (non-hydrogen) atoms. The molecule has 4 aromatic carbocycles. The minimum Gasteiger partial charge on any atom is -0.489 e. The normalized spacial score (nSPS) is 18.1. The van der Waals surface area contributed by atoms with Gasteiger partial charge in [0.15, 0.2) is 0 Å². The Morgan fingerprint density at radius 3 is 2.11 bits per heavy atom. The van der Waals surface area contributed by atoms with E-state index in [1.807, 2.05) is 54.6 Å². The fourth-order valence-electron chi connectivity index (χ4n) is 4.60. The predicted molar refractivity (Wildman–Crippen MR) is 138 cm³/mol. The number of rotatable bonds is 8. The summed E-state index contributed by atoms with van der Waals surface area (Å²) in [5, 5.41) is 3.40. The minimum atomic E-state index is -0.460. The van der Waals surface area contributed by atoms with E-state index in [0.717, 1.165) is 22.4 Å². The van der Waals surface area contributed by atoms with Crippen LogP contribution in [0.25, 0.3) is 0 Å². The number of carbonyl (C=O) groups excluding carboxylic acids is 1. The van der Waals surface area contributed by atoms with Crippen LogP contribution in [0.1, 0.15) is 41.7 Å². The molecule has 1 aliphatic rings. The summed E-state index contributed by atoms with van der Waals surface area (Å²) in [4.78, 5) is 13.2. The summed E-state index contributed by atoms with van der Waals surface area (Å²) in [6.07, 6.45) is 0.776. The van der Waals surface area contributed by atoms with E-state index in [1.54, 1.807) is 24.3 Å². The first-order valence-electron chi connectivity index (χ1n) is 12.3. The van der Waals surface area contributed by atoms with Gasteiger partial charge in [0.25, 0.3) is 0 Å². The molecule has 0 amide bonds. The molecule has 1 heterocycles. The summed E-state index contributed by atoms with van der Waals surface area (Å²) in [6, 6.07) is 29.2. The van der Waals surface area contributed by atoms with Crippen LogP contribution in [0.15, 0.2) is 103 Å². The van der Waals surface area contributed by atoms with Gasteiger partial charge in [-0.1, -0.05) is 54.6 Å². The van der Waals surface area contributed by atoms with Gasteiger partial charge in [0.1, 0.15) is 30.1 Å². The third-order valence-electron chi connectivity index (χ3n) is 6.60. The zero-order valence-electron chi connectivity index (χ0n) is 20.1. The third kappa shape index (κ3) is 6.15. The molecule has 0 radical (unpaired) electrons. The quantitative estimate of drug-likeness (QED) is 0.257. The highest BCUT2D eigenvalue weighted by atomic mass is 19.1. The first-order valence-corrected chi connectivity index (χ1v) is 12.3. The van der Waals surface area contributed by atoms with Crippen molar-refractivity contribution in [1.82, 2.24) is 0 Å². The van der Waals surface area contributed by atoms with Gasteiger partial charge in [-0.2, -0.15) is 0 Å². The smallest absolute Gasteiger partial charge is 0.311 e. The number of cyclic esters (lactones) is 1. The van der Waals surface area contributed by atoms with Gasteiger partial charge in [-0.05, 0) is 78.1 Å². The molecule has 0 unspecified atom stereocenters. The van der Waals surface area contributed by atoms with Crippen LogP contribution in [-0.4, -0.2) is 5.97 Å². The van der Waals surface area contributed by atoms with Gasteiger partial charge in [0.05, 0.1) is 12.0 Å². The van der Waals surface area contributed by atoms with Crippen LogP contribution in [-0.2, 0) is 16.1 Å². The van der Waals surface area contributed by atoms with Crippen molar-refractivity contribution in [3.05, 3.63) is 131 Å². The molecule has 6 heteroatoms. The van der Waals surface area contributed by atoms with Crippen LogP contribution in [0.5, 0.6) is 5.75 Å². The van der Waals surface area contributed by atoms with Crippen LogP contribution < -0.4 is 10.1 Å². The summed E-state index contributed by atoms with van der Waals surface area (Å²) in [5.74, 6) is -0.733. The average molecular weight is 500 g/mol. The number of ether oxygens (including phenoxy) is 2. The zero-order valence-corrected chi connectivity index (χ0v) is 20.1. The number of hydrogen-bond donors (Lipinski definition) is 1. The topological polar surface area (TPSA) is 47.6 Å². The molecule has 0 bridgehead atoms. The van der Waals surface area contributed by atoms with Gasteiger partial charge in [-0.3, -0.25) is 4.79 Å². The Labute approximate surface area is 214 Å². The Morgan fingerprint density at radius 1 is 0.811 bits per heavy atom. The highest BCUT2D eigenvalue weighted by Crippen LogP contribution is 2.39. The third-order valence-corrected chi connectivity index (χ3v) is 6.60. The maximum absolute atomic E-state index is 13.5. The van der Waals surface area contributed by atoms with E-state index >= 15 is 0 Å². The van der Waals surface area contributed by atoms with Crippen LogP contribution in [0.2, 0.25) is 0 Å². The zero-order chi connectivity index (χ0) is 25.6. The number of benzene rings is 4. The van der Waals surface area contributed by atoms with E-state index in [4.69, 9.17) is 9.47 Å². The van der Waals surface area contributed by atoms with Crippen molar-refractivity contribution < 1.29 is 23.0 Å². The molecule has 3 atom stereocenters. The highest BCUT2D eigenvalue weighted by Gasteiger charge is 2.37. The molecule has 1 fully saturated rings. The first-order chi connectivity index (χ1) is 18.0. The van der Waals surface area contributed by atoms with Crippen LogP contribution in [0.3, 0.4) is 0 Å². The van der Waals surface area contributed by atoms with Crippen molar-refractivity contribution in [3.8, 4) is 5.75 Å². The molecule has 0 aliphatic carbocycles. The first kappa shape index (κ1) is 24.5. The van der Waals surface area contributed by atoms with Crippen molar-refractivity contribution in [2.24, 2.45) is 5.92 Å². The van der Waals surface area contributed by atoms with Crippen LogP contribution in [0, 0.1) is 17.6 Å². The molecule has 188 valence electrons. The Morgan fingerprint density at radius 2 is 1.46 bits per heavy atom. The monoisotopic (exact) mass is 499 g/mol. The summed E-state index contributed by atoms with van der Waals surface area (Å²) in [6.45, 7) is 0.456. The average Bonchev–Trinajstić information content (AvgIpc) is 2.93. The molecule has 1 N–H and O–H groups in total. The molecule has 0 spiro atoms. The number of esters is 1. The number of nitrogens with one attached hydrogen (secondary N) is 1. The van der Waals surface area contributed by atoms with Crippen LogP contribution >= 0.6 is 0 Å². The lowest BCUT2D eigenvalue weighted by Crippen LogP contribution is -2.34. The number of carbonyl (C=O) groups is 1. The second-order valence-corrected chi connectivity index (χ2v) is 9.13. The number of anilines is 1. The van der Waals surface area contributed by atoms with Gasteiger partial charge < -0.3 is 14.8 Å². The lowest BCUT2D eigenvalue weighted by molar-refractivity contribution is -0.161. The Hall–Kier alpha value is -4.19. The highest BCUT2D eigenvalue weighted by molar-refractivity contribution is 5.75. The van der Waals surface area contributed by atoms with Gasteiger partial charge in [-0.15, -0.1) is 0 Å². The Kier molecular flexibility index (Phi) is 7.45. The van der Waals surface area contributed by atoms with Crippen molar-refractivity contribution in [1.29, 1.82) is 0 Å². The van der Waals surface area contributed by atoms with Gasteiger partial charge in [0, 0.05) is 5.69 Å².